The van der Waals surface area contributed by atoms with Gasteiger partial charge in [0.2, 0.25) is 5.82 Å². The quantitative estimate of drug-likeness (QED) is 0.653. The Labute approximate surface area is 145 Å². The van der Waals surface area contributed by atoms with Crippen molar-refractivity contribution in [1.29, 1.82) is 0 Å². The molecule has 5 nitrogen and oxygen atoms in total. The second-order valence-electron chi connectivity index (χ2n) is 5.33. The summed E-state index contributed by atoms with van der Waals surface area (Å²) in [6, 6.07) is 12.0. The smallest absolute Gasteiger partial charge is 0.422 e. The van der Waals surface area contributed by atoms with Gasteiger partial charge in [-0.3, -0.25) is 0 Å². The van der Waals surface area contributed by atoms with Crippen molar-refractivity contribution in [3.8, 4) is 17.1 Å². The molecule has 0 saturated carbocycles. The molecule has 3 aromatic rings. The molecule has 0 atom stereocenters. The number of anilines is 1. The van der Waals surface area contributed by atoms with Crippen LogP contribution in [0.4, 0.5) is 23.6 Å². The summed E-state index contributed by atoms with van der Waals surface area (Å²) in [5.74, 6) is 0.0251. The predicted octanol–water partition coefficient (Wildman–Crippen LogP) is 4.43. The molecule has 9 heteroatoms. The summed E-state index contributed by atoms with van der Waals surface area (Å²) in [5, 5.41) is 6.65. The molecule has 2 aromatic carbocycles. The first-order chi connectivity index (χ1) is 12.4. The van der Waals surface area contributed by atoms with Crippen LogP contribution in [0.15, 0.2) is 53.1 Å². The Kier molecular flexibility index (Phi) is 5.06. The zero-order valence-corrected chi connectivity index (χ0v) is 13.3. The second kappa shape index (κ2) is 7.42. The maximum atomic E-state index is 12.9. The Morgan fingerprint density at radius 1 is 1.08 bits per heavy atom. The van der Waals surface area contributed by atoms with Gasteiger partial charge < -0.3 is 14.6 Å². The first kappa shape index (κ1) is 17.7. The van der Waals surface area contributed by atoms with Gasteiger partial charge in [0.05, 0.1) is 0 Å². The Hall–Kier alpha value is -3.10. The summed E-state index contributed by atoms with van der Waals surface area (Å²) in [7, 11) is 0. The zero-order chi connectivity index (χ0) is 18.6. The van der Waals surface area contributed by atoms with Crippen LogP contribution in [0, 0.1) is 5.82 Å². The van der Waals surface area contributed by atoms with Gasteiger partial charge in [0.1, 0.15) is 11.6 Å². The summed E-state index contributed by atoms with van der Waals surface area (Å²) < 4.78 is 59.2. The minimum Gasteiger partial charge on any atom is -0.484 e. The van der Waals surface area contributed by atoms with Crippen LogP contribution in [0.25, 0.3) is 11.4 Å². The number of benzene rings is 2. The summed E-state index contributed by atoms with van der Waals surface area (Å²) in [6.07, 6.45) is -4.39. The van der Waals surface area contributed by atoms with Crippen molar-refractivity contribution in [2.45, 2.75) is 12.7 Å². The highest BCUT2D eigenvalue weighted by atomic mass is 19.4. The summed E-state index contributed by atoms with van der Waals surface area (Å²) in [5.41, 5.74) is 1.26. The van der Waals surface area contributed by atoms with Crippen LogP contribution in [-0.2, 0) is 6.54 Å². The van der Waals surface area contributed by atoms with Crippen molar-refractivity contribution < 1.29 is 26.8 Å². The fourth-order valence-electron chi connectivity index (χ4n) is 2.10. The van der Waals surface area contributed by atoms with Gasteiger partial charge in [-0.25, -0.2) is 4.39 Å². The van der Waals surface area contributed by atoms with Gasteiger partial charge in [-0.15, -0.1) is 0 Å². The molecule has 3 rings (SSSR count). The molecule has 0 unspecified atom stereocenters. The van der Waals surface area contributed by atoms with Crippen molar-refractivity contribution in [1.82, 2.24) is 10.1 Å². The number of halogens is 4. The highest BCUT2D eigenvalue weighted by Gasteiger charge is 2.28. The van der Waals surface area contributed by atoms with E-state index in [2.05, 4.69) is 15.5 Å². The van der Waals surface area contributed by atoms with E-state index >= 15 is 0 Å². The average molecular weight is 367 g/mol. The van der Waals surface area contributed by atoms with Crippen LogP contribution in [0.5, 0.6) is 5.75 Å². The molecule has 0 aliphatic carbocycles. The lowest BCUT2D eigenvalue weighted by Crippen LogP contribution is -2.19. The first-order valence-electron chi connectivity index (χ1n) is 7.51. The molecule has 136 valence electrons. The largest absolute Gasteiger partial charge is 0.484 e. The van der Waals surface area contributed by atoms with Crippen molar-refractivity contribution in [2.75, 3.05) is 11.9 Å². The molecule has 0 bridgehead atoms. The van der Waals surface area contributed by atoms with E-state index in [1.165, 1.54) is 36.4 Å². The highest BCUT2D eigenvalue weighted by Crippen LogP contribution is 2.21. The Morgan fingerprint density at radius 3 is 2.58 bits per heavy atom. The normalized spacial score (nSPS) is 11.4. The van der Waals surface area contributed by atoms with Crippen LogP contribution in [0.1, 0.15) is 5.56 Å². The highest BCUT2D eigenvalue weighted by molar-refractivity contribution is 5.55. The molecule has 0 fully saturated rings. The third-order valence-corrected chi connectivity index (χ3v) is 3.27. The lowest BCUT2D eigenvalue weighted by molar-refractivity contribution is -0.153. The Bertz CT molecular complexity index is 863. The van der Waals surface area contributed by atoms with Crippen molar-refractivity contribution >= 4 is 6.01 Å². The molecule has 0 amide bonds. The van der Waals surface area contributed by atoms with E-state index in [1.807, 2.05) is 0 Å². The van der Waals surface area contributed by atoms with E-state index in [1.54, 1.807) is 12.1 Å². The minimum absolute atomic E-state index is 0.110. The zero-order valence-electron chi connectivity index (χ0n) is 13.3. The van der Waals surface area contributed by atoms with Crippen molar-refractivity contribution in [2.24, 2.45) is 0 Å². The van der Waals surface area contributed by atoms with E-state index in [9.17, 15) is 17.6 Å². The van der Waals surface area contributed by atoms with E-state index in [4.69, 9.17) is 9.26 Å². The molecule has 1 N–H and O–H groups in total. The van der Waals surface area contributed by atoms with Crippen molar-refractivity contribution in [3.63, 3.8) is 0 Å². The van der Waals surface area contributed by atoms with E-state index in [0.717, 1.165) is 0 Å². The number of nitrogens with one attached hydrogen (secondary N) is 1. The standard InChI is InChI=1S/C17H13F4N3O2/c18-13-6-4-12(5-7-13)15-23-16(26-24-15)22-9-11-2-1-3-14(8-11)25-10-17(19,20)21/h1-8H,9-10H2,(H,22,23,24). The molecule has 0 spiro atoms. The molecule has 26 heavy (non-hydrogen) atoms. The summed E-state index contributed by atoms with van der Waals surface area (Å²) >= 11 is 0. The van der Waals surface area contributed by atoms with Crippen LogP contribution in [-0.4, -0.2) is 22.9 Å². The lowest BCUT2D eigenvalue weighted by atomic mass is 10.2. The molecular formula is C17H13F4N3O2. The third-order valence-electron chi connectivity index (χ3n) is 3.27. The topological polar surface area (TPSA) is 60.2 Å². The molecule has 1 heterocycles. The number of hydrogen-bond acceptors (Lipinski definition) is 5. The number of rotatable bonds is 6. The van der Waals surface area contributed by atoms with Gasteiger partial charge in [0.15, 0.2) is 6.61 Å². The van der Waals surface area contributed by atoms with Crippen LogP contribution < -0.4 is 10.1 Å². The number of aromatic nitrogens is 2. The maximum Gasteiger partial charge on any atom is 0.422 e. The lowest BCUT2D eigenvalue weighted by Gasteiger charge is -2.10. The summed E-state index contributed by atoms with van der Waals surface area (Å²) in [6.45, 7) is -1.11. The molecule has 0 saturated heterocycles. The van der Waals surface area contributed by atoms with Gasteiger partial charge in [-0.2, -0.15) is 18.2 Å². The number of alkyl halides is 3. The molecular weight excluding hydrogens is 354 g/mol. The Morgan fingerprint density at radius 2 is 1.85 bits per heavy atom. The fraction of sp³-hybridized carbons (Fsp3) is 0.176. The van der Waals surface area contributed by atoms with E-state index in [-0.39, 0.29) is 30.0 Å². The Balaban J connectivity index is 1.60. The van der Waals surface area contributed by atoms with E-state index < -0.39 is 12.8 Å². The SMILES string of the molecule is Fc1ccc(-c2noc(NCc3cccc(OCC(F)(F)F)c3)n2)cc1. The van der Waals surface area contributed by atoms with Crippen LogP contribution in [0.2, 0.25) is 0 Å². The molecule has 1 aromatic heterocycles. The molecule has 0 radical (unpaired) electrons. The van der Waals surface area contributed by atoms with Gasteiger partial charge in [-0.1, -0.05) is 17.3 Å². The maximum absolute atomic E-state index is 12.9. The monoisotopic (exact) mass is 367 g/mol. The fourth-order valence-corrected chi connectivity index (χ4v) is 2.10. The van der Waals surface area contributed by atoms with Gasteiger partial charge in [0.25, 0.3) is 0 Å². The van der Waals surface area contributed by atoms with Crippen LogP contribution in [0.3, 0.4) is 0 Å². The predicted molar refractivity (Wildman–Crippen MR) is 85.0 cm³/mol. The minimum atomic E-state index is -4.39. The van der Waals surface area contributed by atoms with E-state index in [0.29, 0.717) is 11.1 Å². The first-order valence-corrected chi connectivity index (χ1v) is 7.51. The third kappa shape index (κ3) is 4.95. The van der Waals surface area contributed by atoms with Crippen molar-refractivity contribution in [3.05, 3.63) is 59.9 Å². The average Bonchev–Trinajstić information content (AvgIpc) is 3.08. The summed E-state index contributed by atoms with van der Waals surface area (Å²) in [4.78, 5) is 4.12. The van der Waals surface area contributed by atoms with Gasteiger partial charge in [-0.05, 0) is 42.0 Å². The number of hydrogen-bond donors (Lipinski definition) is 1. The molecule has 0 aliphatic rings. The number of nitrogens with zero attached hydrogens (tertiary/aromatic N) is 2. The van der Waals surface area contributed by atoms with Gasteiger partial charge in [0, 0.05) is 12.1 Å². The molecule has 0 aliphatic heterocycles. The van der Waals surface area contributed by atoms with Crippen LogP contribution >= 0.6 is 0 Å². The number of ether oxygens (including phenoxy) is 1. The van der Waals surface area contributed by atoms with Gasteiger partial charge >= 0.3 is 12.2 Å². The second-order valence-corrected chi connectivity index (χ2v) is 5.33.